The maximum absolute atomic E-state index is 13.9. The summed E-state index contributed by atoms with van der Waals surface area (Å²) in [5, 5.41) is 11.6. The first-order valence-electron chi connectivity index (χ1n) is 13.8. The Morgan fingerprint density at radius 2 is 1.80 bits per heavy atom. The average Bonchev–Trinajstić information content (AvgIpc) is 3.62. The zero-order chi connectivity index (χ0) is 28.5. The first-order valence-corrected chi connectivity index (χ1v) is 13.8. The fourth-order valence-corrected chi connectivity index (χ4v) is 4.73. The zero-order valence-corrected chi connectivity index (χ0v) is 23.9. The van der Waals surface area contributed by atoms with Gasteiger partial charge >= 0.3 is 6.18 Å². The second kappa shape index (κ2) is 15.0. The van der Waals surface area contributed by atoms with E-state index in [1.807, 2.05) is 0 Å². The fraction of sp³-hybridized carbons (Fsp3) is 0.483. The topological polar surface area (TPSA) is 110 Å². The summed E-state index contributed by atoms with van der Waals surface area (Å²) in [5.41, 5.74) is 5.56. The number of unbranched alkanes of at least 4 members (excludes halogenated alkanes) is 5. The molecule has 1 atom stereocenters. The second-order valence-electron chi connectivity index (χ2n) is 9.95. The summed E-state index contributed by atoms with van der Waals surface area (Å²) in [5.74, 6) is 0.566. The number of ether oxygens (including phenoxy) is 2. The van der Waals surface area contributed by atoms with Crippen LogP contribution in [0.25, 0.3) is 11.4 Å². The predicted molar refractivity (Wildman–Crippen MR) is 152 cm³/mol. The molecule has 0 unspecified atom stereocenters. The lowest BCUT2D eigenvalue weighted by atomic mass is 10.1. The quantitative estimate of drug-likeness (QED) is 0.119. The Hall–Kier alpha value is -3.47. The third kappa shape index (κ3) is 8.76. The normalized spacial score (nSPS) is 15.0. The van der Waals surface area contributed by atoms with Gasteiger partial charge in [-0.2, -0.15) is 18.2 Å². The van der Waals surface area contributed by atoms with Crippen LogP contribution in [-0.2, 0) is 12.8 Å². The minimum atomic E-state index is -4.65. The smallest absolute Gasteiger partial charge is 0.419 e. The van der Waals surface area contributed by atoms with E-state index in [-0.39, 0.29) is 54.0 Å². The van der Waals surface area contributed by atoms with Crippen molar-refractivity contribution in [3.05, 3.63) is 59.5 Å². The van der Waals surface area contributed by atoms with Crippen molar-refractivity contribution in [2.24, 2.45) is 5.73 Å². The standard InChI is InChI=1S/C29H36F3N5O3.ClH/c1-2-3-4-5-6-7-17-38-22-13-10-20(11-14-22)19-39-25-15-12-21(18-23(25)29(30,31)32)26-35-27(40-36-26)24-9-8-16-37(24)28(33)34;/h10-15,18,24H,2-9,16-17,19H2,1H3,(H3,33,34);1H/t24-;/m0./s1. The van der Waals surface area contributed by atoms with Crippen molar-refractivity contribution in [1.82, 2.24) is 15.0 Å². The van der Waals surface area contributed by atoms with Gasteiger partial charge in [0.1, 0.15) is 24.1 Å². The lowest BCUT2D eigenvalue weighted by Gasteiger charge is -2.21. The van der Waals surface area contributed by atoms with Gasteiger partial charge in [0.15, 0.2) is 5.96 Å². The van der Waals surface area contributed by atoms with Crippen LogP contribution in [-0.4, -0.2) is 34.2 Å². The minimum Gasteiger partial charge on any atom is -0.494 e. The molecule has 3 N–H and O–H groups in total. The zero-order valence-electron chi connectivity index (χ0n) is 23.1. The van der Waals surface area contributed by atoms with Gasteiger partial charge in [-0.1, -0.05) is 56.3 Å². The Bertz CT molecular complexity index is 1250. The Labute approximate surface area is 244 Å². The summed E-state index contributed by atoms with van der Waals surface area (Å²) < 4.78 is 58.5. The molecule has 224 valence electrons. The number of guanidine groups is 1. The van der Waals surface area contributed by atoms with Crippen LogP contribution in [0.3, 0.4) is 0 Å². The van der Waals surface area contributed by atoms with Crippen molar-refractivity contribution >= 4 is 18.4 Å². The number of likely N-dealkylation sites (tertiary alicyclic amines) is 1. The van der Waals surface area contributed by atoms with Crippen molar-refractivity contribution in [2.45, 2.75) is 77.1 Å². The molecule has 4 rings (SSSR count). The SMILES string of the molecule is CCCCCCCCOc1ccc(COc2ccc(-c3noc([C@@H]4CCCN4C(=N)N)n3)cc2C(F)(F)F)cc1.Cl. The summed E-state index contributed by atoms with van der Waals surface area (Å²) in [6, 6.07) is 10.5. The number of alkyl halides is 3. The van der Waals surface area contributed by atoms with Gasteiger partial charge in [0.25, 0.3) is 0 Å². The first kappa shape index (κ1) is 32.0. The Kier molecular flexibility index (Phi) is 11.7. The predicted octanol–water partition coefficient (Wildman–Crippen LogP) is 7.53. The van der Waals surface area contributed by atoms with E-state index in [0.717, 1.165) is 36.6 Å². The highest BCUT2D eigenvalue weighted by Crippen LogP contribution is 2.39. The molecule has 2 aromatic carbocycles. The molecule has 0 radical (unpaired) electrons. The number of nitrogens with zero attached hydrogens (tertiary/aromatic N) is 3. The minimum absolute atomic E-state index is 0. The number of hydrogen-bond donors (Lipinski definition) is 2. The lowest BCUT2D eigenvalue weighted by Crippen LogP contribution is -2.35. The molecule has 3 aromatic rings. The molecule has 0 aliphatic carbocycles. The molecule has 1 saturated heterocycles. The summed E-state index contributed by atoms with van der Waals surface area (Å²) >= 11 is 0. The number of nitrogens with one attached hydrogen (secondary N) is 1. The highest BCUT2D eigenvalue weighted by atomic mass is 35.5. The molecule has 0 bridgehead atoms. The van der Waals surface area contributed by atoms with Gasteiger partial charge in [-0.05, 0) is 55.2 Å². The van der Waals surface area contributed by atoms with Crippen molar-refractivity contribution in [2.75, 3.05) is 13.2 Å². The van der Waals surface area contributed by atoms with Crippen LogP contribution in [0.5, 0.6) is 11.5 Å². The van der Waals surface area contributed by atoms with E-state index in [0.29, 0.717) is 19.6 Å². The van der Waals surface area contributed by atoms with Crippen LogP contribution < -0.4 is 15.2 Å². The van der Waals surface area contributed by atoms with Gasteiger partial charge in [0, 0.05) is 12.1 Å². The third-order valence-electron chi connectivity index (χ3n) is 6.92. The molecule has 0 spiro atoms. The summed E-state index contributed by atoms with van der Waals surface area (Å²) in [7, 11) is 0. The molecule has 41 heavy (non-hydrogen) atoms. The third-order valence-corrected chi connectivity index (χ3v) is 6.92. The molecule has 1 aromatic heterocycles. The average molecular weight is 596 g/mol. The van der Waals surface area contributed by atoms with E-state index in [9.17, 15) is 13.2 Å². The van der Waals surface area contributed by atoms with Crippen molar-refractivity contribution in [3.8, 4) is 22.9 Å². The fourth-order valence-electron chi connectivity index (χ4n) is 4.73. The van der Waals surface area contributed by atoms with E-state index in [1.54, 1.807) is 29.2 Å². The van der Waals surface area contributed by atoms with Gasteiger partial charge in [-0.3, -0.25) is 5.41 Å². The van der Waals surface area contributed by atoms with Crippen LogP contribution >= 0.6 is 12.4 Å². The van der Waals surface area contributed by atoms with Crippen LogP contribution in [0.2, 0.25) is 0 Å². The molecule has 1 aliphatic heterocycles. The Balaban J connectivity index is 0.00000462. The second-order valence-corrected chi connectivity index (χ2v) is 9.95. The Morgan fingerprint density at radius 3 is 2.51 bits per heavy atom. The van der Waals surface area contributed by atoms with Gasteiger partial charge < -0.3 is 24.6 Å². The molecule has 1 fully saturated rings. The summed E-state index contributed by atoms with van der Waals surface area (Å²) in [6.45, 7) is 3.38. The number of hydrogen-bond acceptors (Lipinski definition) is 6. The molecule has 2 heterocycles. The molecule has 1 aliphatic rings. The first-order chi connectivity index (χ1) is 19.3. The van der Waals surface area contributed by atoms with Crippen molar-refractivity contribution in [3.63, 3.8) is 0 Å². The van der Waals surface area contributed by atoms with Gasteiger partial charge in [0.05, 0.1) is 12.2 Å². The van der Waals surface area contributed by atoms with Crippen LogP contribution in [0.4, 0.5) is 13.2 Å². The lowest BCUT2D eigenvalue weighted by molar-refractivity contribution is -0.139. The summed E-state index contributed by atoms with van der Waals surface area (Å²) in [4.78, 5) is 5.93. The monoisotopic (exact) mass is 595 g/mol. The molecule has 12 heteroatoms. The van der Waals surface area contributed by atoms with Crippen LogP contribution in [0, 0.1) is 5.41 Å². The van der Waals surface area contributed by atoms with E-state index >= 15 is 0 Å². The molecule has 8 nitrogen and oxygen atoms in total. The van der Waals surface area contributed by atoms with E-state index < -0.39 is 11.7 Å². The number of aromatic nitrogens is 2. The Morgan fingerprint density at radius 1 is 1.07 bits per heavy atom. The molecule has 0 saturated carbocycles. The van der Waals surface area contributed by atoms with E-state index in [4.69, 9.17) is 25.1 Å². The maximum atomic E-state index is 13.9. The number of rotatable bonds is 13. The van der Waals surface area contributed by atoms with E-state index in [1.165, 1.54) is 37.8 Å². The van der Waals surface area contributed by atoms with Crippen molar-refractivity contribution < 1.29 is 27.2 Å². The van der Waals surface area contributed by atoms with Crippen molar-refractivity contribution in [1.29, 1.82) is 5.41 Å². The van der Waals surface area contributed by atoms with Gasteiger partial charge in [-0.15, -0.1) is 12.4 Å². The highest BCUT2D eigenvalue weighted by molar-refractivity contribution is 5.85. The molecule has 0 amide bonds. The van der Waals surface area contributed by atoms with Gasteiger partial charge in [0.2, 0.25) is 11.7 Å². The molecular formula is C29H37ClF3N5O3. The largest absolute Gasteiger partial charge is 0.494 e. The van der Waals surface area contributed by atoms with E-state index in [2.05, 4.69) is 17.1 Å². The van der Waals surface area contributed by atoms with Crippen LogP contribution in [0.15, 0.2) is 47.0 Å². The molecular weight excluding hydrogens is 559 g/mol. The van der Waals surface area contributed by atoms with Gasteiger partial charge in [-0.25, -0.2) is 0 Å². The summed E-state index contributed by atoms with van der Waals surface area (Å²) in [6.07, 6.45) is 3.89. The number of nitrogens with two attached hydrogens (primary N) is 1. The van der Waals surface area contributed by atoms with Crippen LogP contribution in [0.1, 0.15) is 81.3 Å². The maximum Gasteiger partial charge on any atom is 0.419 e. The number of benzene rings is 2. The highest BCUT2D eigenvalue weighted by Gasteiger charge is 2.36. The number of halogens is 4.